The molecule has 1 aliphatic carbocycles. The molecule has 0 unspecified atom stereocenters. The van der Waals surface area contributed by atoms with E-state index in [4.69, 9.17) is 14.5 Å². The molecule has 1 N–H and O–H groups in total. The molecule has 180 valence electrons. The molecule has 6 nitrogen and oxygen atoms in total. The zero-order chi connectivity index (χ0) is 23.8. The summed E-state index contributed by atoms with van der Waals surface area (Å²) in [4.78, 5) is 17.4. The number of methoxy groups -OCH3 is 1. The summed E-state index contributed by atoms with van der Waals surface area (Å²) in [6.07, 6.45) is 8.95. The topological polar surface area (TPSA) is 65.4 Å². The zero-order valence-corrected chi connectivity index (χ0v) is 20.1. The van der Waals surface area contributed by atoms with Crippen LogP contribution in [0, 0.1) is 5.92 Å². The Morgan fingerprint density at radius 3 is 2.79 bits per heavy atom. The molecule has 0 atom stereocenters. The van der Waals surface area contributed by atoms with Crippen molar-refractivity contribution in [3.05, 3.63) is 66.5 Å². The quantitative estimate of drug-likeness (QED) is 0.404. The van der Waals surface area contributed by atoms with Gasteiger partial charge in [-0.25, -0.2) is 4.98 Å². The van der Waals surface area contributed by atoms with Gasteiger partial charge in [-0.1, -0.05) is 43.5 Å². The average molecular weight is 462 g/mol. The number of hydrogen-bond acceptors (Lipinski definition) is 4. The standard InChI is InChI=1S/C28H35N3O3/c1-3-9-21-14-15-25(26(20-21)33-2)34-19-18-31-24-13-8-7-12-23(24)30-27(31)16-17-29-28(32)22-10-5-4-6-11-22/h3,7-8,12-15,20,22H,1,4-6,9-11,16-19H2,2H3,(H,29,32). The molecule has 1 aromatic heterocycles. The van der Waals surface area contributed by atoms with E-state index >= 15 is 0 Å². The van der Waals surface area contributed by atoms with Gasteiger partial charge in [-0.3, -0.25) is 4.79 Å². The van der Waals surface area contributed by atoms with E-state index in [9.17, 15) is 4.79 Å². The number of amides is 1. The van der Waals surface area contributed by atoms with Gasteiger partial charge >= 0.3 is 0 Å². The molecule has 1 fully saturated rings. The molecule has 34 heavy (non-hydrogen) atoms. The lowest BCUT2D eigenvalue weighted by molar-refractivity contribution is -0.125. The summed E-state index contributed by atoms with van der Waals surface area (Å²) in [6, 6.07) is 14.1. The molecule has 1 aliphatic rings. The molecule has 0 aliphatic heterocycles. The van der Waals surface area contributed by atoms with Crippen LogP contribution >= 0.6 is 0 Å². The maximum Gasteiger partial charge on any atom is 0.223 e. The molecular formula is C28H35N3O3. The van der Waals surface area contributed by atoms with E-state index in [1.54, 1.807) is 7.11 Å². The van der Waals surface area contributed by atoms with E-state index in [1.807, 2.05) is 42.5 Å². The number of carbonyl (C=O) groups excluding carboxylic acids is 1. The molecule has 0 bridgehead atoms. The third-order valence-corrected chi connectivity index (χ3v) is 6.54. The van der Waals surface area contributed by atoms with Crippen molar-refractivity contribution in [1.29, 1.82) is 0 Å². The van der Waals surface area contributed by atoms with E-state index < -0.39 is 0 Å². The molecule has 0 radical (unpaired) electrons. The Balaban J connectivity index is 1.40. The SMILES string of the molecule is C=CCc1ccc(OCCn2c(CCNC(=O)C3CCCCC3)nc3ccccc32)c(OC)c1. The van der Waals surface area contributed by atoms with Crippen molar-refractivity contribution in [3.63, 3.8) is 0 Å². The summed E-state index contributed by atoms with van der Waals surface area (Å²) in [5.41, 5.74) is 3.17. The van der Waals surface area contributed by atoms with Crippen LogP contribution in [0.2, 0.25) is 0 Å². The summed E-state index contributed by atoms with van der Waals surface area (Å²) in [6.45, 7) is 5.53. The Labute approximate surface area is 202 Å². The highest BCUT2D eigenvalue weighted by Crippen LogP contribution is 2.29. The van der Waals surface area contributed by atoms with Crippen LogP contribution < -0.4 is 14.8 Å². The van der Waals surface area contributed by atoms with Gasteiger partial charge in [0.1, 0.15) is 12.4 Å². The summed E-state index contributed by atoms with van der Waals surface area (Å²) in [5.74, 6) is 2.77. The van der Waals surface area contributed by atoms with E-state index in [2.05, 4.69) is 22.5 Å². The molecule has 1 saturated carbocycles. The predicted octanol–water partition coefficient (Wildman–Crippen LogP) is 5.09. The van der Waals surface area contributed by atoms with Crippen molar-refractivity contribution in [2.24, 2.45) is 5.92 Å². The van der Waals surface area contributed by atoms with Gasteiger partial charge < -0.3 is 19.4 Å². The fraction of sp³-hybridized carbons (Fsp3) is 0.429. The summed E-state index contributed by atoms with van der Waals surface area (Å²) in [5, 5.41) is 3.14. The van der Waals surface area contributed by atoms with Gasteiger partial charge in [-0.15, -0.1) is 6.58 Å². The fourth-order valence-electron chi connectivity index (χ4n) is 4.74. The maximum atomic E-state index is 12.5. The van der Waals surface area contributed by atoms with Gasteiger partial charge in [0.2, 0.25) is 5.91 Å². The largest absolute Gasteiger partial charge is 0.493 e. The molecule has 3 aromatic rings. The molecular weight excluding hydrogens is 426 g/mol. The monoisotopic (exact) mass is 461 g/mol. The number of rotatable bonds is 11. The normalized spacial score (nSPS) is 14.1. The van der Waals surface area contributed by atoms with Gasteiger partial charge in [0.15, 0.2) is 11.5 Å². The molecule has 0 spiro atoms. The molecule has 2 aromatic carbocycles. The number of aromatic nitrogens is 2. The number of allylic oxidation sites excluding steroid dienone is 1. The lowest BCUT2D eigenvalue weighted by Crippen LogP contribution is -2.33. The van der Waals surface area contributed by atoms with E-state index in [0.29, 0.717) is 26.1 Å². The van der Waals surface area contributed by atoms with Crippen LogP contribution in [0.3, 0.4) is 0 Å². The Morgan fingerprint density at radius 2 is 2.00 bits per heavy atom. The minimum absolute atomic E-state index is 0.175. The number of fused-ring (bicyclic) bond motifs is 1. The molecule has 0 saturated heterocycles. The number of carbonyl (C=O) groups is 1. The van der Waals surface area contributed by atoms with Crippen molar-refractivity contribution in [2.75, 3.05) is 20.3 Å². The Bertz CT molecular complexity index is 1120. The first kappa shape index (κ1) is 23.9. The number of ether oxygens (including phenoxy) is 2. The van der Waals surface area contributed by atoms with Gasteiger partial charge in [-0.05, 0) is 49.1 Å². The first-order valence-electron chi connectivity index (χ1n) is 12.3. The summed E-state index contributed by atoms with van der Waals surface area (Å²) < 4.78 is 13.8. The molecule has 1 amide bonds. The van der Waals surface area contributed by atoms with Crippen LogP contribution in [0.25, 0.3) is 11.0 Å². The highest BCUT2D eigenvalue weighted by atomic mass is 16.5. The smallest absolute Gasteiger partial charge is 0.223 e. The second kappa shape index (κ2) is 11.7. The average Bonchev–Trinajstić information content (AvgIpc) is 3.22. The Kier molecular flexibility index (Phi) is 8.23. The number of hydrogen-bond donors (Lipinski definition) is 1. The number of nitrogens with zero attached hydrogens (tertiary/aromatic N) is 2. The number of nitrogens with one attached hydrogen (secondary N) is 1. The summed E-state index contributed by atoms with van der Waals surface area (Å²) >= 11 is 0. The van der Waals surface area contributed by atoms with Crippen LogP contribution in [0.5, 0.6) is 11.5 Å². The van der Waals surface area contributed by atoms with Gasteiger partial charge in [0, 0.05) is 18.9 Å². The van der Waals surface area contributed by atoms with Gasteiger partial charge in [0.25, 0.3) is 0 Å². The highest BCUT2D eigenvalue weighted by molar-refractivity contribution is 5.78. The summed E-state index contributed by atoms with van der Waals surface area (Å²) in [7, 11) is 1.66. The minimum atomic E-state index is 0.175. The minimum Gasteiger partial charge on any atom is -0.493 e. The third kappa shape index (κ3) is 5.79. The number of para-hydroxylation sites is 2. The lowest BCUT2D eigenvalue weighted by atomic mass is 9.89. The first-order chi connectivity index (χ1) is 16.7. The Morgan fingerprint density at radius 1 is 1.18 bits per heavy atom. The van der Waals surface area contributed by atoms with E-state index in [1.165, 1.54) is 6.42 Å². The predicted molar refractivity (Wildman–Crippen MR) is 135 cm³/mol. The van der Waals surface area contributed by atoms with Crippen molar-refractivity contribution in [1.82, 2.24) is 14.9 Å². The van der Waals surface area contributed by atoms with E-state index in [-0.39, 0.29) is 11.8 Å². The molecule has 6 heteroatoms. The van der Waals surface area contributed by atoms with Crippen molar-refractivity contribution in [2.45, 2.75) is 51.5 Å². The third-order valence-electron chi connectivity index (χ3n) is 6.54. The van der Waals surface area contributed by atoms with Crippen LogP contribution in [-0.2, 0) is 24.2 Å². The van der Waals surface area contributed by atoms with Crippen LogP contribution in [0.4, 0.5) is 0 Å². The van der Waals surface area contributed by atoms with Crippen LogP contribution in [0.1, 0.15) is 43.5 Å². The van der Waals surface area contributed by atoms with Crippen molar-refractivity contribution >= 4 is 16.9 Å². The second-order valence-electron chi connectivity index (χ2n) is 8.87. The van der Waals surface area contributed by atoms with Crippen LogP contribution in [-0.4, -0.2) is 35.7 Å². The fourth-order valence-corrected chi connectivity index (χ4v) is 4.74. The second-order valence-corrected chi connectivity index (χ2v) is 8.87. The first-order valence-corrected chi connectivity index (χ1v) is 12.3. The number of imidazole rings is 1. The van der Waals surface area contributed by atoms with E-state index in [0.717, 1.165) is 66.0 Å². The highest BCUT2D eigenvalue weighted by Gasteiger charge is 2.21. The van der Waals surface area contributed by atoms with Gasteiger partial charge in [0.05, 0.1) is 24.7 Å². The Hall–Kier alpha value is -3.28. The lowest BCUT2D eigenvalue weighted by Gasteiger charge is -2.20. The molecule has 4 rings (SSSR count). The number of benzene rings is 2. The maximum absolute atomic E-state index is 12.5. The van der Waals surface area contributed by atoms with Crippen molar-refractivity contribution in [3.8, 4) is 11.5 Å². The van der Waals surface area contributed by atoms with Crippen molar-refractivity contribution < 1.29 is 14.3 Å². The zero-order valence-electron chi connectivity index (χ0n) is 20.1. The molecule has 1 heterocycles. The van der Waals surface area contributed by atoms with Crippen LogP contribution in [0.15, 0.2) is 55.1 Å². The van der Waals surface area contributed by atoms with Gasteiger partial charge in [-0.2, -0.15) is 0 Å².